The second-order valence-corrected chi connectivity index (χ2v) is 8.65. The first kappa shape index (κ1) is 21.3. The number of carbonyl (C=O) groups is 1. The lowest BCUT2D eigenvalue weighted by molar-refractivity contribution is -0.126. The third-order valence-electron chi connectivity index (χ3n) is 6.81. The number of rotatable bonds is 5. The number of carbonyl (C=O) groups excluding carboxylic acids is 1. The van der Waals surface area contributed by atoms with Crippen molar-refractivity contribution in [2.45, 2.75) is 19.0 Å². The van der Waals surface area contributed by atoms with E-state index in [0.29, 0.717) is 12.0 Å². The van der Waals surface area contributed by atoms with Gasteiger partial charge in [0.05, 0.1) is 19.1 Å². The normalized spacial score (nSPS) is 19.5. The number of benzene rings is 3. The fraction of sp³-hybridized carbons (Fsp3) is 0.296. The van der Waals surface area contributed by atoms with Gasteiger partial charge in [0, 0.05) is 43.1 Å². The van der Waals surface area contributed by atoms with Crippen molar-refractivity contribution in [3.05, 3.63) is 89.7 Å². The lowest BCUT2D eigenvalue weighted by Crippen LogP contribution is -2.61. The van der Waals surface area contributed by atoms with Gasteiger partial charge in [-0.25, -0.2) is 4.39 Å². The minimum atomic E-state index is -0.295. The molecule has 2 heterocycles. The number of halogens is 1. The molecule has 5 rings (SSSR count). The first-order valence-corrected chi connectivity index (χ1v) is 11.4. The number of nitrogens with one attached hydrogen (secondary N) is 1. The van der Waals surface area contributed by atoms with Gasteiger partial charge >= 0.3 is 0 Å². The second-order valence-electron chi connectivity index (χ2n) is 8.65. The SMILES string of the molecule is COc1ccc(N2CCN3c4ccccc4CC(C(=O)NCc4ccccc4F)C3C2)cc1. The molecule has 3 aromatic rings. The zero-order chi connectivity index (χ0) is 22.8. The highest BCUT2D eigenvalue weighted by Crippen LogP contribution is 2.37. The number of anilines is 2. The molecule has 2 unspecified atom stereocenters. The van der Waals surface area contributed by atoms with Crippen molar-refractivity contribution in [1.82, 2.24) is 5.32 Å². The van der Waals surface area contributed by atoms with Gasteiger partial charge in [0.2, 0.25) is 5.91 Å². The van der Waals surface area contributed by atoms with Crippen LogP contribution in [0, 0.1) is 11.7 Å². The fourth-order valence-electron chi connectivity index (χ4n) is 5.04. The summed E-state index contributed by atoms with van der Waals surface area (Å²) in [5.74, 6) is 0.290. The van der Waals surface area contributed by atoms with Crippen molar-refractivity contribution in [2.75, 3.05) is 36.5 Å². The second kappa shape index (κ2) is 9.14. The maximum Gasteiger partial charge on any atom is 0.225 e. The third kappa shape index (κ3) is 4.25. The van der Waals surface area contributed by atoms with E-state index in [0.717, 1.165) is 31.1 Å². The molecule has 5 nitrogen and oxygen atoms in total. The third-order valence-corrected chi connectivity index (χ3v) is 6.81. The molecule has 3 aromatic carbocycles. The number of methoxy groups -OCH3 is 1. The average Bonchev–Trinajstić information content (AvgIpc) is 2.87. The highest BCUT2D eigenvalue weighted by atomic mass is 19.1. The van der Waals surface area contributed by atoms with Gasteiger partial charge in [0.1, 0.15) is 11.6 Å². The van der Waals surface area contributed by atoms with Crippen LogP contribution in [0.2, 0.25) is 0 Å². The van der Waals surface area contributed by atoms with E-state index in [2.05, 4.69) is 45.4 Å². The van der Waals surface area contributed by atoms with Gasteiger partial charge in [-0.1, -0.05) is 36.4 Å². The molecule has 0 spiro atoms. The van der Waals surface area contributed by atoms with Crippen molar-refractivity contribution in [3.8, 4) is 5.75 Å². The Balaban J connectivity index is 1.38. The van der Waals surface area contributed by atoms with Crippen LogP contribution in [0.3, 0.4) is 0 Å². The van der Waals surface area contributed by atoms with Gasteiger partial charge in [0.25, 0.3) is 0 Å². The summed E-state index contributed by atoms with van der Waals surface area (Å²) in [6.45, 7) is 2.66. The molecular formula is C27H28FN3O2. The number of para-hydroxylation sites is 1. The van der Waals surface area contributed by atoms with Crippen molar-refractivity contribution >= 4 is 17.3 Å². The smallest absolute Gasteiger partial charge is 0.225 e. The van der Waals surface area contributed by atoms with Crippen LogP contribution < -0.4 is 19.9 Å². The number of amides is 1. The van der Waals surface area contributed by atoms with Gasteiger partial charge in [-0.3, -0.25) is 4.79 Å². The molecule has 1 N–H and O–H groups in total. The molecule has 33 heavy (non-hydrogen) atoms. The Morgan fingerprint density at radius 1 is 1.03 bits per heavy atom. The summed E-state index contributed by atoms with van der Waals surface area (Å²) < 4.78 is 19.4. The summed E-state index contributed by atoms with van der Waals surface area (Å²) >= 11 is 0. The first-order chi connectivity index (χ1) is 16.1. The van der Waals surface area contributed by atoms with E-state index in [-0.39, 0.29) is 30.2 Å². The van der Waals surface area contributed by atoms with Crippen LogP contribution in [-0.2, 0) is 17.8 Å². The summed E-state index contributed by atoms with van der Waals surface area (Å²) in [4.78, 5) is 18.1. The number of piperazine rings is 1. The number of hydrogen-bond acceptors (Lipinski definition) is 4. The molecule has 1 fully saturated rings. The minimum absolute atomic E-state index is 0.0284. The van der Waals surface area contributed by atoms with Crippen molar-refractivity contribution in [3.63, 3.8) is 0 Å². The molecule has 0 aromatic heterocycles. The summed E-state index contributed by atoms with van der Waals surface area (Å²) in [6.07, 6.45) is 0.677. The van der Waals surface area contributed by atoms with Crippen molar-refractivity contribution < 1.29 is 13.9 Å². The standard InChI is InChI=1S/C27H28FN3O2/c1-33-22-12-10-21(11-13-22)30-14-15-31-25-9-5-3-6-19(25)16-23(26(31)18-30)27(32)29-17-20-7-2-4-8-24(20)28/h2-13,23,26H,14-18H2,1H3,(H,29,32). The number of fused-ring (bicyclic) bond motifs is 3. The van der Waals surface area contributed by atoms with Gasteiger partial charge in [-0.2, -0.15) is 0 Å². The lowest BCUT2D eigenvalue weighted by Gasteiger charge is -2.49. The highest BCUT2D eigenvalue weighted by Gasteiger charge is 2.41. The fourth-order valence-corrected chi connectivity index (χ4v) is 5.04. The molecule has 2 aliphatic rings. The van der Waals surface area contributed by atoms with E-state index in [1.807, 2.05) is 18.2 Å². The predicted octanol–water partition coefficient (Wildman–Crippen LogP) is 4.02. The van der Waals surface area contributed by atoms with Gasteiger partial charge in [0.15, 0.2) is 0 Å². The molecule has 2 atom stereocenters. The zero-order valence-electron chi connectivity index (χ0n) is 18.7. The van der Waals surface area contributed by atoms with Crippen molar-refractivity contribution in [1.29, 1.82) is 0 Å². The Morgan fingerprint density at radius 2 is 1.79 bits per heavy atom. The Bertz CT molecular complexity index is 1130. The Kier molecular flexibility index (Phi) is 5.90. The predicted molar refractivity (Wildman–Crippen MR) is 128 cm³/mol. The highest BCUT2D eigenvalue weighted by molar-refractivity contribution is 5.82. The number of hydrogen-bond donors (Lipinski definition) is 1. The molecule has 6 heteroatoms. The van der Waals surface area contributed by atoms with Crippen LogP contribution in [0.4, 0.5) is 15.8 Å². The Labute approximate surface area is 193 Å². The average molecular weight is 446 g/mol. The van der Waals surface area contributed by atoms with Crippen LogP contribution in [0.25, 0.3) is 0 Å². The molecule has 1 amide bonds. The molecule has 170 valence electrons. The zero-order valence-corrected chi connectivity index (χ0v) is 18.7. The van der Waals surface area contributed by atoms with Crippen molar-refractivity contribution in [2.24, 2.45) is 5.92 Å². The topological polar surface area (TPSA) is 44.8 Å². The molecular weight excluding hydrogens is 417 g/mol. The summed E-state index contributed by atoms with van der Waals surface area (Å²) in [5, 5.41) is 3.00. The quantitative estimate of drug-likeness (QED) is 0.645. The van der Waals surface area contributed by atoms with Gasteiger partial charge in [-0.15, -0.1) is 0 Å². The van der Waals surface area contributed by atoms with Crippen LogP contribution in [0.15, 0.2) is 72.8 Å². The summed E-state index contributed by atoms with van der Waals surface area (Å²) in [6, 6.07) is 23.0. The van der Waals surface area contributed by atoms with Gasteiger partial charge < -0.3 is 19.9 Å². The summed E-state index contributed by atoms with van der Waals surface area (Å²) in [5.41, 5.74) is 4.04. The lowest BCUT2D eigenvalue weighted by atomic mass is 9.83. The van der Waals surface area contributed by atoms with E-state index in [1.165, 1.54) is 17.3 Å². The van der Waals surface area contributed by atoms with E-state index in [9.17, 15) is 9.18 Å². The number of nitrogens with zero attached hydrogens (tertiary/aromatic N) is 2. The molecule has 0 radical (unpaired) electrons. The van der Waals surface area contributed by atoms with E-state index >= 15 is 0 Å². The molecule has 0 saturated carbocycles. The Hall–Kier alpha value is -3.54. The summed E-state index contributed by atoms with van der Waals surface area (Å²) in [7, 11) is 1.66. The maximum atomic E-state index is 14.1. The van der Waals surface area contributed by atoms with Crippen LogP contribution in [0.5, 0.6) is 5.75 Å². The Morgan fingerprint density at radius 3 is 2.58 bits per heavy atom. The minimum Gasteiger partial charge on any atom is -0.497 e. The van der Waals surface area contributed by atoms with Gasteiger partial charge in [-0.05, 0) is 48.4 Å². The van der Waals surface area contributed by atoms with Crippen LogP contribution in [-0.4, -0.2) is 38.7 Å². The number of ether oxygens (including phenoxy) is 1. The monoisotopic (exact) mass is 445 g/mol. The van der Waals surface area contributed by atoms with E-state index in [4.69, 9.17) is 4.74 Å². The largest absolute Gasteiger partial charge is 0.497 e. The first-order valence-electron chi connectivity index (χ1n) is 11.4. The van der Waals surface area contributed by atoms with E-state index in [1.54, 1.807) is 25.3 Å². The maximum absolute atomic E-state index is 14.1. The van der Waals surface area contributed by atoms with Crippen LogP contribution in [0.1, 0.15) is 11.1 Å². The molecule has 0 bridgehead atoms. The molecule has 1 saturated heterocycles. The van der Waals surface area contributed by atoms with E-state index < -0.39 is 0 Å². The molecule has 2 aliphatic heterocycles. The molecule has 0 aliphatic carbocycles. The van der Waals surface area contributed by atoms with Crippen LogP contribution >= 0.6 is 0 Å².